The lowest BCUT2D eigenvalue weighted by molar-refractivity contribution is -0.122. The summed E-state index contributed by atoms with van der Waals surface area (Å²) in [7, 11) is 3.47. The van der Waals surface area contributed by atoms with Crippen molar-refractivity contribution in [3.63, 3.8) is 0 Å². The van der Waals surface area contributed by atoms with Gasteiger partial charge in [0, 0.05) is 20.1 Å². The van der Waals surface area contributed by atoms with Crippen molar-refractivity contribution < 1.29 is 14.3 Å². The van der Waals surface area contributed by atoms with Gasteiger partial charge in [-0.3, -0.25) is 9.69 Å². The number of likely N-dealkylation sites (N-methyl/N-ethyl adjacent to an activating group) is 1. The molecule has 0 aliphatic heterocycles. The van der Waals surface area contributed by atoms with Gasteiger partial charge in [-0.25, -0.2) is 0 Å². The molecule has 0 atom stereocenters. The van der Waals surface area contributed by atoms with E-state index in [2.05, 4.69) is 5.32 Å². The first-order valence-electron chi connectivity index (χ1n) is 5.50. The van der Waals surface area contributed by atoms with E-state index in [-0.39, 0.29) is 11.7 Å². The number of ether oxygens (including phenoxy) is 1. The Morgan fingerprint density at radius 3 is 2.62 bits per heavy atom. The molecular weight excluding hydrogens is 208 g/mol. The maximum Gasteiger partial charge on any atom is 0.234 e. The molecule has 1 amide bonds. The Bertz CT molecular complexity index is 219. The fourth-order valence-electron chi connectivity index (χ4n) is 1.27. The van der Waals surface area contributed by atoms with E-state index in [0.29, 0.717) is 26.1 Å². The molecule has 1 N–H and O–H groups in total. The summed E-state index contributed by atoms with van der Waals surface area (Å²) in [5, 5.41) is 2.74. The number of nitrogens with one attached hydrogen (secondary N) is 1. The Labute approximate surface area is 97.1 Å². The number of hydrogen-bond acceptors (Lipinski definition) is 4. The monoisotopic (exact) mass is 230 g/mol. The molecule has 0 aliphatic rings. The lowest BCUT2D eigenvalue weighted by Crippen LogP contribution is -2.37. The molecular formula is C11H22N2O3. The standard InChI is InChI=1S/C11H22N2O3/c1-10(14)5-4-7-13(2)9-11(15)12-6-8-16-3/h4-9H2,1-3H3,(H,12,15). The minimum atomic E-state index is -0.0117. The Morgan fingerprint density at radius 2 is 2.06 bits per heavy atom. The highest BCUT2D eigenvalue weighted by atomic mass is 16.5. The van der Waals surface area contributed by atoms with Crippen molar-refractivity contribution in [3.8, 4) is 0 Å². The lowest BCUT2D eigenvalue weighted by Gasteiger charge is -2.15. The van der Waals surface area contributed by atoms with Gasteiger partial charge < -0.3 is 14.8 Å². The van der Waals surface area contributed by atoms with Crippen LogP contribution in [0.3, 0.4) is 0 Å². The van der Waals surface area contributed by atoms with Gasteiger partial charge in [0.2, 0.25) is 5.91 Å². The summed E-state index contributed by atoms with van der Waals surface area (Å²) in [6.45, 7) is 3.77. The zero-order chi connectivity index (χ0) is 12.4. The third-order valence-corrected chi connectivity index (χ3v) is 2.11. The molecule has 0 radical (unpaired) electrons. The van der Waals surface area contributed by atoms with Crippen molar-refractivity contribution in [2.45, 2.75) is 19.8 Å². The second-order valence-electron chi connectivity index (χ2n) is 3.89. The molecule has 0 aromatic rings. The fraction of sp³-hybridized carbons (Fsp3) is 0.818. The van der Waals surface area contributed by atoms with Gasteiger partial charge in [0.25, 0.3) is 0 Å². The Kier molecular flexibility index (Phi) is 8.75. The summed E-state index contributed by atoms with van der Waals surface area (Å²) in [6.07, 6.45) is 1.38. The SMILES string of the molecule is COCCNC(=O)CN(C)CCCC(C)=O. The maximum atomic E-state index is 11.4. The number of hydrogen-bond donors (Lipinski definition) is 1. The van der Waals surface area contributed by atoms with Crippen LogP contribution in [-0.4, -0.2) is 57.0 Å². The van der Waals surface area contributed by atoms with Gasteiger partial charge in [-0.2, -0.15) is 0 Å². The third kappa shape index (κ3) is 9.61. The summed E-state index contributed by atoms with van der Waals surface area (Å²) in [6, 6.07) is 0. The van der Waals surface area contributed by atoms with Crippen LogP contribution in [0.5, 0.6) is 0 Å². The van der Waals surface area contributed by atoms with Crippen LogP contribution in [0.15, 0.2) is 0 Å². The zero-order valence-electron chi connectivity index (χ0n) is 10.4. The van der Waals surface area contributed by atoms with E-state index < -0.39 is 0 Å². The average Bonchev–Trinajstić information content (AvgIpc) is 2.17. The molecule has 5 heteroatoms. The van der Waals surface area contributed by atoms with Gasteiger partial charge >= 0.3 is 0 Å². The van der Waals surface area contributed by atoms with Crippen LogP contribution in [0.4, 0.5) is 0 Å². The van der Waals surface area contributed by atoms with E-state index in [1.54, 1.807) is 14.0 Å². The molecule has 16 heavy (non-hydrogen) atoms. The second kappa shape index (κ2) is 9.30. The molecule has 0 saturated heterocycles. The first kappa shape index (κ1) is 15.1. The smallest absolute Gasteiger partial charge is 0.234 e. The van der Waals surface area contributed by atoms with E-state index in [0.717, 1.165) is 13.0 Å². The molecule has 0 unspecified atom stereocenters. The topological polar surface area (TPSA) is 58.6 Å². The van der Waals surface area contributed by atoms with E-state index in [4.69, 9.17) is 4.74 Å². The van der Waals surface area contributed by atoms with Crippen molar-refractivity contribution in [2.75, 3.05) is 40.4 Å². The number of ketones is 1. The molecule has 94 valence electrons. The normalized spacial score (nSPS) is 10.5. The Balaban J connectivity index is 3.50. The van der Waals surface area contributed by atoms with Crippen LogP contribution < -0.4 is 5.32 Å². The van der Waals surface area contributed by atoms with Gasteiger partial charge in [-0.15, -0.1) is 0 Å². The van der Waals surface area contributed by atoms with Gasteiger partial charge in [0.1, 0.15) is 5.78 Å². The molecule has 0 saturated carbocycles. The largest absolute Gasteiger partial charge is 0.383 e. The predicted molar refractivity (Wildman–Crippen MR) is 62.3 cm³/mol. The molecule has 0 fully saturated rings. The van der Waals surface area contributed by atoms with Crippen LogP contribution >= 0.6 is 0 Å². The summed E-state index contributed by atoms with van der Waals surface area (Å²) in [5.74, 6) is 0.181. The van der Waals surface area contributed by atoms with Gasteiger partial charge in [-0.05, 0) is 26.9 Å². The summed E-state index contributed by atoms with van der Waals surface area (Å²) in [5.41, 5.74) is 0. The number of nitrogens with zero attached hydrogens (tertiary/aromatic N) is 1. The third-order valence-electron chi connectivity index (χ3n) is 2.11. The fourth-order valence-corrected chi connectivity index (χ4v) is 1.27. The quantitative estimate of drug-likeness (QED) is 0.569. The number of rotatable bonds is 9. The van der Waals surface area contributed by atoms with E-state index in [9.17, 15) is 9.59 Å². The Hall–Kier alpha value is -0.940. The summed E-state index contributed by atoms with van der Waals surface area (Å²) in [4.78, 5) is 24.0. The highest BCUT2D eigenvalue weighted by Crippen LogP contribution is 1.93. The highest BCUT2D eigenvalue weighted by Gasteiger charge is 2.05. The number of carbonyl (C=O) groups is 2. The zero-order valence-corrected chi connectivity index (χ0v) is 10.4. The van der Waals surface area contributed by atoms with Crippen LogP contribution in [0, 0.1) is 0 Å². The molecule has 0 heterocycles. The van der Waals surface area contributed by atoms with E-state index in [1.165, 1.54) is 0 Å². The van der Waals surface area contributed by atoms with Crippen LogP contribution in [0.1, 0.15) is 19.8 Å². The van der Waals surface area contributed by atoms with Crippen molar-refractivity contribution in [1.82, 2.24) is 10.2 Å². The van der Waals surface area contributed by atoms with Crippen molar-refractivity contribution >= 4 is 11.7 Å². The first-order chi connectivity index (χ1) is 7.56. The van der Waals surface area contributed by atoms with Crippen molar-refractivity contribution in [3.05, 3.63) is 0 Å². The lowest BCUT2D eigenvalue weighted by atomic mass is 10.2. The second-order valence-corrected chi connectivity index (χ2v) is 3.89. The maximum absolute atomic E-state index is 11.4. The molecule has 0 spiro atoms. The summed E-state index contributed by atoms with van der Waals surface area (Å²) < 4.78 is 4.82. The van der Waals surface area contributed by atoms with Crippen LogP contribution in [0.25, 0.3) is 0 Å². The molecule has 0 aromatic heterocycles. The predicted octanol–water partition coefficient (Wildman–Crippen LogP) is 0.0500. The number of methoxy groups -OCH3 is 1. The highest BCUT2D eigenvalue weighted by molar-refractivity contribution is 5.78. The molecule has 0 rings (SSSR count). The first-order valence-corrected chi connectivity index (χ1v) is 5.50. The van der Waals surface area contributed by atoms with Crippen LogP contribution in [-0.2, 0) is 14.3 Å². The Morgan fingerprint density at radius 1 is 1.38 bits per heavy atom. The van der Waals surface area contributed by atoms with E-state index >= 15 is 0 Å². The molecule has 0 aliphatic carbocycles. The summed E-state index contributed by atoms with van der Waals surface area (Å²) >= 11 is 0. The molecule has 0 bridgehead atoms. The van der Waals surface area contributed by atoms with Crippen LogP contribution in [0.2, 0.25) is 0 Å². The van der Waals surface area contributed by atoms with Gasteiger partial charge in [0.05, 0.1) is 13.2 Å². The molecule has 0 aromatic carbocycles. The minimum absolute atomic E-state index is 0.0117. The van der Waals surface area contributed by atoms with Gasteiger partial charge in [0.15, 0.2) is 0 Å². The number of Topliss-reactive ketones (excluding diaryl/α,β-unsaturated/α-hetero) is 1. The van der Waals surface area contributed by atoms with E-state index in [1.807, 2.05) is 11.9 Å². The minimum Gasteiger partial charge on any atom is -0.383 e. The number of carbonyl (C=O) groups excluding carboxylic acids is 2. The molecule has 5 nitrogen and oxygen atoms in total. The van der Waals surface area contributed by atoms with Gasteiger partial charge in [-0.1, -0.05) is 0 Å². The van der Waals surface area contributed by atoms with Crippen molar-refractivity contribution in [1.29, 1.82) is 0 Å². The number of amides is 1. The van der Waals surface area contributed by atoms with Crippen molar-refractivity contribution in [2.24, 2.45) is 0 Å². The average molecular weight is 230 g/mol.